The summed E-state index contributed by atoms with van der Waals surface area (Å²) in [5.74, 6) is 0.828. The molecule has 24 heavy (non-hydrogen) atoms. The summed E-state index contributed by atoms with van der Waals surface area (Å²) in [6.45, 7) is 4.62. The SMILES string of the molecule is CCOc1ccc(Nc2c(C#N)cnc3ccc(C)cc23)cc1.Cl. The first-order chi connectivity index (χ1) is 11.2. The predicted octanol–water partition coefficient (Wildman–Crippen LogP) is 4.98. The fraction of sp³-hybridized carbons (Fsp3) is 0.158. The molecular weight excluding hydrogens is 322 g/mol. The van der Waals surface area contributed by atoms with Gasteiger partial charge in [-0.05, 0) is 50.2 Å². The number of nitrogens with one attached hydrogen (secondary N) is 1. The van der Waals surface area contributed by atoms with Crippen LogP contribution in [0.1, 0.15) is 18.1 Å². The number of aromatic nitrogens is 1. The number of nitriles is 1. The van der Waals surface area contributed by atoms with Crippen LogP contribution in [0.25, 0.3) is 10.9 Å². The lowest BCUT2D eigenvalue weighted by Gasteiger charge is -2.12. The summed E-state index contributed by atoms with van der Waals surface area (Å²) in [7, 11) is 0. The van der Waals surface area contributed by atoms with Crippen molar-refractivity contribution in [3.05, 3.63) is 59.8 Å². The van der Waals surface area contributed by atoms with Crippen LogP contribution in [-0.2, 0) is 0 Å². The zero-order chi connectivity index (χ0) is 16.2. The summed E-state index contributed by atoms with van der Waals surface area (Å²) in [6, 6.07) is 15.9. The number of ether oxygens (including phenoxy) is 1. The van der Waals surface area contributed by atoms with E-state index < -0.39 is 0 Å². The molecule has 0 aliphatic rings. The molecule has 1 N–H and O–H groups in total. The number of rotatable bonds is 4. The van der Waals surface area contributed by atoms with Gasteiger partial charge in [0.1, 0.15) is 11.8 Å². The van der Waals surface area contributed by atoms with Gasteiger partial charge in [0.05, 0.1) is 23.4 Å². The van der Waals surface area contributed by atoms with E-state index in [1.54, 1.807) is 6.20 Å². The Balaban J connectivity index is 0.00000208. The van der Waals surface area contributed by atoms with Crippen LogP contribution in [0.5, 0.6) is 5.75 Å². The second-order valence-corrected chi connectivity index (χ2v) is 5.26. The second kappa shape index (κ2) is 7.67. The van der Waals surface area contributed by atoms with E-state index in [1.165, 1.54) is 0 Å². The van der Waals surface area contributed by atoms with Crippen LogP contribution in [-0.4, -0.2) is 11.6 Å². The number of nitrogens with zero attached hydrogens (tertiary/aromatic N) is 2. The minimum Gasteiger partial charge on any atom is -0.494 e. The van der Waals surface area contributed by atoms with Gasteiger partial charge in [0.15, 0.2) is 0 Å². The molecule has 0 spiro atoms. The Kier molecular flexibility index (Phi) is 5.62. The third kappa shape index (κ3) is 3.58. The zero-order valence-electron chi connectivity index (χ0n) is 13.5. The summed E-state index contributed by atoms with van der Waals surface area (Å²) in [5.41, 5.74) is 4.20. The molecular formula is C19H18ClN3O. The molecule has 0 saturated carbocycles. The van der Waals surface area contributed by atoms with Crippen molar-refractivity contribution in [2.45, 2.75) is 13.8 Å². The Bertz CT molecular complexity index is 885. The Morgan fingerprint density at radius 2 is 1.92 bits per heavy atom. The highest BCUT2D eigenvalue weighted by atomic mass is 35.5. The number of hydrogen-bond donors (Lipinski definition) is 1. The summed E-state index contributed by atoms with van der Waals surface area (Å²) in [6.07, 6.45) is 1.61. The van der Waals surface area contributed by atoms with Crippen molar-refractivity contribution in [1.82, 2.24) is 4.98 Å². The van der Waals surface area contributed by atoms with Gasteiger partial charge in [0.25, 0.3) is 0 Å². The molecule has 0 unspecified atom stereocenters. The first kappa shape index (κ1) is 17.6. The maximum Gasteiger partial charge on any atom is 0.119 e. The maximum absolute atomic E-state index is 9.39. The fourth-order valence-electron chi connectivity index (χ4n) is 2.47. The molecule has 3 rings (SSSR count). The number of pyridine rings is 1. The third-order valence-electron chi connectivity index (χ3n) is 3.58. The van der Waals surface area contributed by atoms with Crippen molar-refractivity contribution in [1.29, 1.82) is 5.26 Å². The first-order valence-electron chi connectivity index (χ1n) is 7.50. The number of aryl methyl sites for hydroxylation is 1. The third-order valence-corrected chi connectivity index (χ3v) is 3.58. The van der Waals surface area contributed by atoms with Gasteiger partial charge in [-0.2, -0.15) is 5.26 Å². The van der Waals surface area contributed by atoms with Crippen molar-refractivity contribution in [3.63, 3.8) is 0 Å². The van der Waals surface area contributed by atoms with Gasteiger partial charge in [-0.15, -0.1) is 12.4 Å². The van der Waals surface area contributed by atoms with Gasteiger partial charge >= 0.3 is 0 Å². The Morgan fingerprint density at radius 1 is 1.17 bits per heavy atom. The molecule has 5 heteroatoms. The lowest BCUT2D eigenvalue weighted by molar-refractivity contribution is 0.340. The van der Waals surface area contributed by atoms with Crippen LogP contribution in [0.4, 0.5) is 11.4 Å². The van der Waals surface area contributed by atoms with E-state index in [9.17, 15) is 5.26 Å². The maximum atomic E-state index is 9.39. The number of benzene rings is 2. The van der Waals surface area contributed by atoms with E-state index in [2.05, 4.69) is 16.4 Å². The van der Waals surface area contributed by atoms with E-state index in [0.717, 1.165) is 33.6 Å². The smallest absolute Gasteiger partial charge is 0.119 e. The normalized spacial score (nSPS) is 9.88. The van der Waals surface area contributed by atoms with Gasteiger partial charge in [-0.3, -0.25) is 4.98 Å². The summed E-state index contributed by atoms with van der Waals surface area (Å²) >= 11 is 0. The standard InChI is InChI=1S/C19H17N3O.ClH/c1-3-23-16-7-5-15(6-8-16)22-19-14(11-20)12-21-18-9-4-13(2)10-17(18)19;/h4-10,12H,3H2,1-2H3,(H,21,22);1H. The van der Waals surface area contributed by atoms with Crippen molar-refractivity contribution >= 4 is 34.7 Å². The van der Waals surface area contributed by atoms with Crippen molar-refractivity contribution in [2.75, 3.05) is 11.9 Å². The van der Waals surface area contributed by atoms with Crippen LogP contribution < -0.4 is 10.1 Å². The Hall–Kier alpha value is -2.77. The van der Waals surface area contributed by atoms with Gasteiger partial charge < -0.3 is 10.1 Å². The summed E-state index contributed by atoms with van der Waals surface area (Å²) < 4.78 is 5.45. The highest BCUT2D eigenvalue weighted by molar-refractivity contribution is 5.96. The lowest BCUT2D eigenvalue weighted by atomic mass is 10.1. The van der Waals surface area contributed by atoms with Gasteiger partial charge in [-0.1, -0.05) is 11.6 Å². The number of halogens is 1. The molecule has 4 nitrogen and oxygen atoms in total. The predicted molar refractivity (Wildman–Crippen MR) is 99.3 cm³/mol. The van der Waals surface area contributed by atoms with Crippen LogP contribution in [0.3, 0.4) is 0 Å². The quantitative estimate of drug-likeness (QED) is 0.728. The van der Waals surface area contributed by atoms with Gasteiger partial charge in [-0.25, -0.2) is 0 Å². The molecule has 0 bridgehead atoms. The van der Waals surface area contributed by atoms with Crippen molar-refractivity contribution < 1.29 is 4.74 Å². The average Bonchev–Trinajstić information content (AvgIpc) is 2.57. The van der Waals surface area contributed by atoms with E-state index in [-0.39, 0.29) is 12.4 Å². The minimum atomic E-state index is 0. The molecule has 0 radical (unpaired) electrons. The van der Waals surface area contributed by atoms with Crippen LogP contribution >= 0.6 is 12.4 Å². The molecule has 0 aliphatic carbocycles. The van der Waals surface area contributed by atoms with Crippen LogP contribution in [0, 0.1) is 18.3 Å². The monoisotopic (exact) mass is 339 g/mol. The van der Waals surface area contributed by atoms with Gasteiger partial charge in [0.2, 0.25) is 0 Å². The molecule has 1 aromatic heterocycles. The second-order valence-electron chi connectivity index (χ2n) is 5.26. The molecule has 122 valence electrons. The average molecular weight is 340 g/mol. The van der Waals surface area contributed by atoms with Crippen LogP contribution in [0.2, 0.25) is 0 Å². The topological polar surface area (TPSA) is 57.9 Å². The number of anilines is 2. The van der Waals surface area contributed by atoms with E-state index >= 15 is 0 Å². The fourth-order valence-corrected chi connectivity index (χ4v) is 2.47. The molecule has 0 amide bonds. The Labute approximate surface area is 147 Å². The number of hydrogen-bond acceptors (Lipinski definition) is 4. The molecule has 2 aromatic carbocycles. The molecule has 3 aromatic rings. The highest BCUT2D eigenvalue weighted by Gasteiger charge is 2.09. The molecule has 0 atom stereocenters. The van der Waals surface area contributed by atoms with Crippen LogP contribution in [0.15, 0.2) is 48.7 Å². The highest BCUT2D eigenvalue weighted by Crippen LogP contribution is 2.30. The van der Waals surface area contributed by atoms with E-state index in [1.807, 2.05) is 56.3 Å². The van der Waals surface area contributed by atoms with E-state index in [0.29, 0.717) is 12.2 Å². The van der Waals surface area contributed by atoms with Gasteiger partial charge in [0, 0.05) is 17.3 Å². The molecule has 1 heterocycles. The van der Waals surface area contributed by atoms with Crippen molar-refractivity contribution in [2.24, 2.45) is 0 Å². The molecule has 0 aliphatic heterocycles. The largest absolute Gasteiger partial charge is 0.494 e. The summed E-state index contributed by atoms with van der Waals surface area (Å²) in [4.78, 5) is 4.35. The lowest BCUT2D eigenvalue weighted by Crippen LogP contribution is -1.97. The molecule has 0 fully saturated rings. The summed E-state index contributed by atoms with van der Waals surface area (Å²) in [5, 5.41) is 13.7. The molecule has 0 saturated heterocycles. The Morgan fingerprint density at radius 3 is 2.58 bits per heavy atom. The van der Waals surface area contributed by atoms with Crippen molar-refractivity contribution in [3.8, 4) is 11.8 Å². The zero-order valence-corrected chi connectivity index (χ0v) is 14.4. The number of fused-ring (bicyclic) bond motifs is 1. The minimum absolute atomic E-state index is 0. The van der Waals surface area contributed by atoms with E-state index in [4.69, 9.17) is 4.74 Å². The first-order valence-corrected chi connectivity index (χ1v) is 7.50.